The van der Waals surface area contributed by atoms with Crippen molar-refractivity contribution in [3.8, 4) is 0 Å². The van der Waals surface area contributed by atoms with E-state index in [4.69, 9.17) is 4.98 Å². The molecular formula is C27H27N3O2. The number of pyridine rings is 1. The topological polar surface area (TPSA) is 62.3 Å². The van der Waals surface area contributed by atoms with E-state index in [1.807, 2.05) is 47.4 Å². The van der Waals surface area contributed by atoms with Crippen molar-refractivity contribution in [3.05, 3.63) is 77.0 Å². The van der Waals surface area contributed by atoms with E-state index in [0.717, 1.165) is 46.1 Å². The normalized spacial score (nSPS) is 17.5. The van der Waals surface area contributed by atoms with E-state index in [9.17, 15) is 9.59 Å². The molecule has 5 rings (SSSR count). The summed E-state index contributed by atoms with van der Waals surface area (Å²) in [5, 5.41) is 3.66. The predicted molar refractivity (Wildman–Crippen MR) is 127 cm³/mol. The van der Waals surface area contributed by atoms with Gasteiger partial charge < -0.3 is 10.2 Å². The van der Waals surface area contributed by atoms with Crippen LogP contribution in [0.2, 0.25) is 0 Å². The van der Waals surface area contributed by atoms with Gasteiger partial charge in [0.25, 0.3) is 5.91 Å². The molecule has 1 N–H and O–H groups in total. The summed E-state index contributed by atoms with van der Waals surface area (Å²) in [6.07, 6.45) is 5.30. The van der Waals surface area contributed by atoms with Crippen molar-refractivity contribution in [3.63, 3.8) is 0 Å². The minimum Gasteiger partial charge on any atom is -0.359 e. The number of hydrogen-bond acceptors (Lipinski definition) is 3. The van der Waals surface area contributed by atoms with Crippen LogP contribution in [0.4, 0.5) is 0 Å². The largest absolute Gasteiger partial charge is 0.359 e. The van der Waals surface area contributed by atoms with Crippen LogP contribution in [0.3, 0.4) is 0 Å². The lowest BCUT2D eigenvalue weighted by molar-refractivity contribution is -0.125. The summed E-state index contributed by atoms with van der Waals surface area (Å²) in [5.41, 5.74) is 6.00. The molecular weight excluding hydrogens is 398 g/mol. The predicted octanol–water partition coefficient (Wildman–Crippen LogP) is 4.32. The molecule has 1 saturated heterocycles. The number of benzene rings is 2. The molecule has 1 aromatic heterocycles. The molecule has 32 heavy (non-hydrogen) atoms. The third-order valence-electron chi connectivity index (χ3n) is 6.70. The Morgan fingerprint density at radius 1 is 1.00 bits per heavy atom. The number of nitrogens with zero attached hydrogens (tertiary/aromatic N) is 2. The number of likely N-dealkylation sites (tertiary alicyclic amines) is 1. The number of allylic oxidation sites excluding steroid dienone is 1. The van der Waals surface area contributed by atoms with Crippen LogP contribution in [0, 0.1) is 5.92 Å². The van der Waals surface area contributed by atoms with Gasteiger partial charge in [-0.15, -0.1) is 0 Å². The Balaban J connectivity index is 1.53. The molecule has 162 valence electrons. The number of nitrogens with one attached hydrogen (secondary N) is 1. The second-order valence-electron chi connectivity index (χ2n) is 8.59. The molecule has 0 saturated carbocycles. The van der Waals surface area contributed by atoms with E-state index in [1.54, 1.807) is 7.05 Å². The van der Waals surface area contributed by atoms with Gasteiger partial charge in [-0.3, -0.25) is 9.59 Å². The third kappa shape index (κ3) is 3.68. The SMILES string of the molecule is CNC(=O)C1CCN(C(=O)c2c3c(nc4ccccc24)/C(=C\c2ccccc2)CC3)CC1. The Bertz CT molecular complexity index is 1210. The Kier molecular flexibility index (Phi) is 5.48. The van der Waals surface area contributed by atoms with E-state index < -0.39 is 0 Å². The highest BCUT2D eigenvalue weighted by Crippen LogP contribution is 2.38. The second-order valence-corrected chi connectivity index (χ2v) is 8.59. The fourth-order valence-electron chi connectivity index (χ4n) is 4.98. The first-order chi connectivity index (χ1) is 15.7. The van der Waals surface area contributed by atoms with Gasteiger partial charge in [0.1, 0.15) is 0 Å². The lowest BCUT2D eigenvalue weighted by atomic mass is 9.94. The molecule has 5 nitrogen and oxygen atoms in total. The molecule has 5 heteroatoms. The molecule has 1 fully saturated rings. The van der Waals surface area contributed by atoms with E-state index in [-0.39, 0.29) is 17.7 Å². The van der Waals surface area contributed by atoms with Gasteiger partial charge in [-0.05, 0) is 54.5 Å². The highest BCUT2D eigenvalue weighted by Gasteiger charge is 2.32. The van der Waals surface area contributed by atoms with Crippen molar-refractivity contribution < 1.29 is 9.59 Å². The number of para-hydroxylation sites is 1. The monoisotopic (exact) mass is 425 g/mol. The molecule has 0 bridgehead atoms. The van der Waals surface area contributed by atoms with Gasteiger partial charge in [0.2, 0.25) is 5.91 Å². The highest BCUT2D eigenvalue weighted by molar-refractivity contribution is 6.09. The number of hydrogen-bond donors (Lipinski definition) is 1. The van der Waals surface area contributed by atoms with Gasteiger partial charge in [-0.2, -0.15) is 0 Å². The molecule has 2 heterocycles. The van der Waals surface area contributed by atoms with Crippen molar-refractivity contribution in [2.24, 2.45) is 5.92 Å². The molecule has 2 amide bonds. The van der Waals surface area contributed by atoms with Crippen LogP contribution in [0.5, 0.6) is 0 Å². The van der Waals surface area contributed by atoms with Crippen molar-refractivity contribution >= 4 is 34.4 Å². The summed E-state index contributed by atoms with van der Waals surface area (Å²) in [5.74, 6) is 0.128. The van der Waals surface area contributed by atoms with Crippen LogP contribution in [0.15, 0.2) is 54.6 Å². The van der Waals surface area contributed by atoms with Crippen molar-refractivity contribution in [2.75, 3.05) is 20.1 Å². The number of carbonyl (C=O) groups is 2. The zero-order valence-corrected chi connectivity index (χ0v) is 18.3. The maximum atomic E-state index is 13.8. The summed E-state index contributed by atoms with van der Waals surface area (Å²) in [6.45, 7) is 1.21. The molecule has 0 spiro atoms. The first-order valence-electron chi connectivity index (χ1n) is 11.3. The minimum absolute atomic E-state index is 0.00985. The standard InChI is InChI=1S/C27H27N3O2/c1-28-26(31)19-13-15-30(16-14-19)27(32)24-21-9-5-6-10-23(21)29-25-20(11-12-22(24)25)17-18-7-3-2-4-8-18/h2-10,17,19H,11-16H2,1H3,(H,28,31)/b20-17-. The van der Waals surface area contributed by atoms with E-state index in [0.29, 0.717) is 25.9 Å². The third-order valence-corrected chi connectivity index (χ3v) is 6.70. The van der Waals surface area contributed by atoms with Crippen molar-refractivity contribution in [1.29, 1.82) is 0 Å². The summed E-state index contributed by atoms with van der Waals surface area (Å²) in [4.78, 5) is 32.7. The molecule has 2 aliphatic rings. The Labute approximate surface area is 188 Å². The van der Waals surface area contributed by atoms with Crippen LogP contribution in [-0.4, -0.2) is 41.8 Å². The maximum Gasteiger partial charge on any atom is 0.254 e. The summed E-state index contributed by atoms with van der Waals surface area (Å²) >= 11 is 0. The number of fused-ring (bicyclic) bond motifs is 2. The number of amides is 2. The van der Waals surface area contributed by atoms with Gasteiger partial charge in [-0.1, -0.05) is 48.5 Å². The molecule has 0 atom stereocenters. The quantitative estimate of drug-likeness (QED) is 0.680. The number of rotatable bonds is 3. The van der Waals surface area contributed by atoms with E-state index >= 15 is 0 Å². The number of aromatic nitrogens is 1. The van der Waals surface area contributed by atoms with Crippen LogP contribution < -0.4 is 5.32 Å². The first-order valence-corrected chi connectivity index (χ1v) is 11.3. The zero-order valence-electron chi connectivity index (χ0n) is 18.3. The van der Waals surface area contributed by atoms with Gasteiger partial charge in [0, 0.05) is 31.4 Å². The Hall–Kier alpha value is -3.47. The Morgan fingerprint density at radius 2 is 1.72 bits per heavy atom. The number of carbonyl (C=O) groups excluding carboxylic acids is 2. The van der Waals surface area contributed by atoms with Crippen LogP contribution in [0.1, 0.15) is 46.4 Å². The zero-order chi connectivity index (χ0) is 22.1. The fraction of sp³-hybridized carbons (Fsp3) is 0.296. The average molecular weight is 426 g/mol. The molecule has 1 aliphatic carbocycles. The lowest BCUT2D eigenvalue weighted by Crippen LogP contribution is -2.42. The molecule has 3 aromatic rings. The van der Waals surface area contributed by atoms with Gasteiger partial charge in [0.15, 0.2) is 0 Å². The van der Waals surface area contributed by atoms with Crippen LogP contribution >= 0.6 is 0 Å². The maximum absolute atomic E-state index is 13.8. The fourth-order valence-corrected chi connectivity index (χ4v) is 4.98. The number of piperidine rings is 1. The highest BCUT2D eigenvalue weighted by atomic mass is 16.2. The van der Waals surface area contributed by atoms with E-state index in [2.05, 4.69) is 23.5 Å². The Morgan fingerprint density at radius 3 is 2.47 bits per heavy atom. The molecule has 0 unspecified atom stereocenters. The second kappa shape index (κ2) is 8.58. The summed E-state index contributed by atoms with van der Waals surface area (Å²) in [7, 11) is 1.67. The molecule has 1 aliphatic heterocycles. The van der Waals surface area contributed by atoms with Crippen molar-refractivity contribution in [2.45, 2.75) is 25.7 Å². The molecule has 2 aromatic carbocycles. The first kappa shape index (κ1) is 20.4. The van der Waals surface area contributed by atoms with E-state index in [1.165, 1.54) is 5.57 Å². The van der Waals surface area contributed by atoms with Gasteiger partial charge in [0.05, 0.1) is 16.8 Å². The van der Waals surface area contributed by atoms with Gasteiger partial charge in [-0.25, -0.2) is 4.98 Å². The van der Waals surface area contributed by atoms with Crippen LogP contribution in [-0.2, 0) is 11.2 Å². The summed E-state index contributed by atoms with van der Waals surface area (Å²) < 4.78 is 0. The minimum atomic E-state index is -0.00985. The summed E-state index contributed by atoms with van der Waals surface area (Å²) in [6, 6.07) is 18.2. The van der Waals surface area contributed by atoms with Gasteiger partial charge >= 0.3 is 0 Å². The lowest BCUT2D eigenvalue weighted by Gasteiger charge is -2.32. The smallest absolute Gasteiger partial charge is 0.254 e. The average Bonchev–Trinajstić information content (AvgIpc) is 3.24. The molecule has 0 radical (unpaired) electrons. The van der Waals surface area contributed by atoms with Crippen LogP contribution in [0.25, 0.3) is 22.6 Å². The van der Waals surface area contributed by atoms with Crippen molar-refractivity contribution in [1.82, 2.24) is 15.2 Å².